The summed E-state index contributed by atoms with van der Waals surface area (Å²) in [7, 11) is 0. The van der Waals surface area contributed by atoms with Gasteiger partial charge in [0, 0.05) is 11.8 Å². The molecule has 0 unspecified atom stereocenters. The molecule has 1 heterocycles. The van der Waals surface area contributed by atoms with Crippen molar-refractivity contribution in [3.63, 3.8) is 0 Å². The second-order valence-electron chi connectivity index (χ2n) is 6.97. The number of rotatable bonds is 4. The van der Waals surface area contributed by atoms with E-state index in [2.05, 4.69) is 17.3 Å². The van der Waals surface area contributed by atoms with Gasteiger partial charge in [0.25, 0.3) is 5.91 Å². The Labute approximate surface area is 146 Å². The maximum absolute atomic E-state index is 12.6. The maximum Gasteiger partial charge on any atom is 0.329 e. The number of hydrogen-bond acceptors (Lipinski definition) is 3. The number of nitrogens with zero attached hydrogens (tertiary/aromatic N) is 2. The Bertz CT molecular complexity index is 771. The molecule has 0 saturated heterocycles. The summed E-state index contributed by atoms with van der Waals surface area (Å²) >= 11 is 0. The largest absolute Gasteiger partial charge is 0.480 e. The summed E-state index contributed by atoms with van der Waals surface area (Å²) in [6.07, 6.45) is 4.42. The van der Waals surface area contributed by atoms with Crippen LogP contribution >= 0.6 is 0 Å². The lowest BCUT2D eigenvalue weighted by atomic mass is 9.77. The van der Waals surface area contributed by atoms with E-state index in [1.807, 2.05) is 19.2 Å². The van der Waals surface area contributed by atoms with Crippen LogP contribution in [0, 0.1) is 12.8 Å². The molecule has 3 rings (SSSR count). The number of carbonyl (C=O) groups excluding carboxylic acids is 1. The average Bonchev–Trinajstić information content (AvgIpc) is 3.03. The predicted molar refractivity (Wildman–Crippen MR) is 93.8 cm³/mol. The standard InChI is InChI=1S/C19H23N3O3/c1-13-7-10-19(11-8-13,18(24)25)20-17(23)15-3-5-16(6-4-15)22-12-9-14(2)21-22/h3-6,9,12-13H,7-8,10-11H2,1-2H3,(H,20,23)(H,24,25). The Balaban J connectivity index is 1.75. The lowest BCUT2D eigenvalue weighted by Crippen LogP contribution is -2.56. The highest BCUT2D eigenvalue weighted by Gasteiger charge is 2.42. The summed E-state index contributed by atoms with van der Waals surface area (Å²) < 4.78 is 1.73. The van der Waals surface area contributed by atoms with Gasteiger partial charge in [0.05, 0.1) is 11.4 Å². The third-order valence-electron chi connectivity index (χ3n) is 5.01. The molecule has 25 heavy (non-hydrogen) atoms. The highest BCUT2D eigenvalue weighted by atomic mass is 16.4. The Morgan fingerprint density at radius 1 is 1.20 bits per heavy atom. The molecule has 1 aliphatic rings. The number of hydrogen-bond donors (Lipinski definition) is 2. The highest BCUT2D eigenvalue weighted by molar-refractivity contribution is 5.98. The fraction of sp³-hybridized carbons (Fsp3) is 0.421. The van der Waals surface area contributed by atoms with Crippen LogP contribution in [0.15, 0.2) is 36.5 Å². The first-order valence-electron chi connectivity index (χ1n) is 8.58. The fourth-order valence-corrected chi connectivity index (χ4v) is 3.26. The van der Waals surface area contributed by atoms with Crippen molar-refractivity contribution in [3.8, 4) is 5.69 Å². The lowest BCUT2D eigenvalue weighted by molar-refractivity contribution is -0.146. The van der Waals surface area contributed by atoms with Crippen LogP contribution in [0.4, 0.5) is 0 Å². The van der Waals surface area contributed by atoms with E-state index in [9.17, 15) is 14.7 Å². The van der Waals surface area contributed by atoms with Gasteiger partial charge in [0.1, 0.15) is 5.54 Å². The molecular formula is C19H23N3O3. The van der Waals surface area contributed by atoms with E-state index >= 15 is 0 Å². The van der Waals surface area contributed by atoms with E-state index < -0.39 is 11.5 Å². The SMILES string of the molecule is Cc1ccn(-c2ccc(C(=O)NC3(C(=O)O)CCC(C)CC3)cc2)n1. The second-order valence-corrected chi connectivity index (χ2v) is 6.97. The summed E-state index contributed by atoms with van der Waals surface area (Å²) in [5.74, 6) is -0.794. The Hall–Kier alpha value is -2.63. The maximum atomic E-state index is 12.6. The van der Waals surface area contributed by atoms with Gasteiger partial charge < -0.3 is 10.4 Å². The van der Waals surface area contributed by atoms with Gasteiger partial charge in [-0.15, -0.1) is 0 Å². The van der Waals surface area contributed by atoms with Crippen LogP contribution in [0.3, 0.4) is 0 Å². The van der Waals surface area contributed by atoms with Crippen molar-refractivity contribution >= 4 is 11.9 Å². The van der Waals surface area contributed by atoms with Gasteiger partial charge in [-0.3, -0.25) is 4.79 Å². The number of aryl methyl sites for hydroxylation is 1. The van der Waals surface area contributed by atoms with E-state index in [1.54, 1.807) is 28.9 Å². The van der Waals surface area contributed by atoms with Crippen LogP contribution in [0.5, 0.6) is 0 Å². The molecule has 0 bridgehead atoms. The van der Waals surface area contributed by atoms with E-state index in [1.165, 1.54) is 0 Å². The van der Waals surface area contributed by atoms with Crippen molar-refractivity contribution in [3.05, 3.63) is 47.8 Å². The van der Waals surface area contributed by atoms with Gasteiger partial charge in [-0.25, -0.2) is 9.48 Å². The minimum Gasteiger partial charge on any atom is -0.480 e. The van der Waals surface area contributed by atoms with E-state index in [0.717, 1.165) is 24.2 Å². The predicted octanol–water partition coefficient (Wildman–Crippen LogP) is 2.94. The average molecular weight is 341 g/mol. The van der Waals surface area contributed by atoms with Crippen molar-refractivity contribution in [2.75, 3.05) is 0 Å². The van der Waals surface area contributed by atoms with Gasteiger partial charge in [0.15, 0.2) is 0 Å². The Morgan fingerprint density at radius 2 is 1.84 bits per heavy atom. The van der Waals surface area contributed by atoms with Gasteiger partial charge in [-0.1, -0.05) is 6.92 Å². The Morgan fingerprint density at radius 3 is 2.36 bits per heavy atom. The number of carboxylic acids is 1. The van der Waals surface area contributed by atoms with Crippen LogP contribution in [-0.4, -0.2) is 32.3 Å². The number of aliphatic carboxylic acids is 1. The minimum atomic E-state index is -1.15. The third kappa shape index (κ3) is 3.57. The number of amides is 1. The van der Waals surface area contributed by atoms with Crippen molar-refractivity contribution < 1.29 is 14.7 Å². The van der Waals surface area contributed by atoms with Crippen molar-refractivity contribution in [1.29, 1.82) is 0 Å². The monoisotopic (exact) mass is 341 g/mol. The normalized spacial score (nSPS) is 23.2. The zero-order chi connectivity index (χ0) is 18.0. The number of aromatic nitrogens is 2. The molecule has 1 aromatic carbocycles. The minimum absolute atomic E-state index is 0.347. The van der Waals surface area contributed by atoms with Crippen molar-refractivity contribution in [2.24, 2.45) is 5.92 Å². The summed E-state index contributed by atoms with van der Waals surface area (Å²) in [6, 6.07) is 8.90. The van der Waals surface area contributed by atoms with Gasteiger partial charge in [-0.05, 0) is 68.9 Å². The van der Waals surface area contributed by atoms with Crippen LogP contribution in [0.1, 0.15) is 48.7 Å². The van der Waals surface area contributed by atoms with Crippen LogP contribution < -0.4 is 5.32 Å². The van der Waals surface area contributed by atoms with Gasteiger partial charge >= 0.3 is 5.97 Å². The smallest absolute Gasteiger partial charge is 0.329 e. The molecule has 0 spiro atoms. The molecule has 1 fully saturated rings. The summed E-state index contributed by atoms with van der Waals surface area (Å²) in [6.45, 7) is 4.03. The molecule has 1 saturated carbocycles. The fourth-order valence-electron chi connectivity index (χ4n) is 3.26. The first-order valence-corrected chi connectivity index (χ1v) is 8.58. The zero-order valence-corrected chi connectivity index (χ0v) is 14.5. The van der Waals surface area contributed by atoms with E-state index in [0.29, 0.717) is 24.3 Å². The number of nitrogens with one attached hydrogen (secondary N) is 1. The molecule has 1 aromatic heterocycles. The molecular weight excluding hydrogens is 318 g/mol. The van der Waals surface area contributed by atoms with Crippen LogP contribution in [0.25, 0.3) is 5.69 Å². The highest BCUT2D eigenvalue weighted by Crippen LogP contribution is 2.32. The summed E-state index contributed by atoms with van der Waals surface area (Å²) in [5.41, 5.74) is 1.06. The molecule has 1 amide bonds. The molecule has 0 atom stereocenters. The lowest BCUT2D eigenvalue weighted by Gasteiger charge is -2.36. The number of benzene rings is 1. The van der Waals surface area contributed by atoms with Crippen molar-refractivity contribution in [1.82, 2.24) is 15.1 Å². The third-order valence-corrected chi connectivity index (χ3v) is 5.01. The molecule has 6 nitrogen and oxygen atoms in total. The van der Waals surface area contributed by atoms with Gasteiger partial charge in [0.2, 0.25) is 0 Å². The topological polar surface area (TPSA) is 84.2 Å². The number of carboxylic acid groups (broad SMARTS) is 1. The summed E-state index contributed by atoms with van der Waals surface area (Å²) in [4.78, 5) is 24.3. The van der Waals surface area contributed by atoms with Crippen LogP contribution in [-0.2, 0) is 4.79 Å². The molecule has 6 heteroatoms. The first-order chi connectivity index (χ1) is 11.9. The second kappa shape index (κ2) is 6.70. The van der Waals surface area contributed by atoms with Gasteiger partial charge in [-0.2, -0.15) is 5.10 Å². The summed E-state index contributed by atoms with van der Waals surface area (Å²) in [5, 5.41) is 16.7. The van der Waals surface area contributed by atoms with E-state index in [4.69, 9.17) is 0 Å². The molecule has 2 aromatic rings. The quantitative estimate of drug-likeness (QED) is 0.895. The van der Waals surface area contributed by atoms with Crippen LogP contribution in [0.2, 0.25) is 0 Å². The molecule has 1 aliphatic carbocycles. The molecule has 0 aliphatic heterocycles. The molecule has 2 N–H and O–H groups in total. The first kappa shape index (κ1) is 17.2. The van der Waals surface area contributed by atoms with E-state index in [-0.39, 0.29) is 5.91 Å². The molecule has 132 valence electrons. The zero-order valence-electron chi connectivity index (χ0n) is 14.5. The van der Waals surface area contributed by atoms with Crippen molar-refractivity contribution in [2.45, 2.75) is 45.1 Å². The molecule has 0 radical (unpaired) electrons. The number of carbonyl (C=O) groups is 2. The Kier molecular flexibility index (Phi) is 4.61.